The molecule has 144 valence electrons. The number of hydrogen-bond donors (Lipinski definition) is 1. The van der Waals surface area contributed by atoms with E-state index >= 15 is 0 Å². The number of benzene rings is 1. The molecule has 3 aromatic rings. The number of Topliss-reactive ketones (excluding diaryl/α,β-unsaturated/α-hetero) is 1. The predicted molar refractivity (Wildman–Crippen MR) is 103 cm³/mol. The molecule has 8 nitrogen and oxygen atoms in total. The molecule has 0 saturated carbocycles. The highest BCUT2D eigenvalue weighted by molar-refractivity contribution is 6.04. The first-order chi connectivity index (χ1) is 13.4. The molecule has 0 saturated heterocycles. The van der Waals surface area contributed by atoms with E-state index in [9.17, 15) is 14.4 Å². The highest BCUT2D eigenvalue weighted by atomic mass is 16.5. The summed E-state index contributed by atoms with van der Waals surface area (Å²) in [4.78, 5) is 40.2. The smallest absolute Gasteiger partial charge is 0.340 e. The number of esters is 1. The van der Waals surface area contributed by atoms with Crippen LogP contribution in [0.5, 0.6) is 0 Å². The Hall–Kier alpha value is -3.55. The van der Waals surface area contributed by atoms with Gasteiger partial charge in [0.25, 0.3) is 5.91 Å². The van der Waals surface area contributed by atoms with Crippen LogP contribution in [0.15, 0.2) is 42.7 Å². The van der Waals surface area contributed by atoms with Crippen molar-refractivity contribution in [2.24, 2.45) is 0 Å². The summed E-state index contributed by atoms with van der Waals surface area (Å²) in [7, 11) is 0. The Morgan fingerprint density at radius 1 is 1.18 bits per heavy atom. The van der Waals surface area contributed by atoms with Crippen LogP contribution in [0.25, 0.3) is 11.0 Å². The number of carbonyl (C=O) groups excluding carboxylic acids is 3. The summed E-state index contributed by atoms with van der Waals surface area (Å²) in [6.07, 6.45) is 3.03. The topological polar surface area (TPSA) is 103 Å². The van der Waals surface area contributed by atoms with Crippen LogP contribution in [-0.4, -0.2) is 39.0 Å². The summed E-state index contributed by atoms with van der Waals surface area (Å²) in [5.74, 6) is -1.38. The summed E-state index contributed by atoms with van der Waals surface area (Å²) < 4.78 is 6.82. The molecule has 1 aromatic carbocycles. The molecule has 8 heteroatoms. The second-order valence-corrected chi connectivity index (χ2v) is 6.55. The Morgan fingerprint density at radius 2 is 1.93 bits per heavy atom. The van der Waals surface area contributed by atoms with E-state index in [4.69, 9.17) is 4.74 Å². The molecule has 0 spiro atoms. The average molecular weight is 380 g/mol. The summed E-state index contributed by atoms with van der Waals surface area (Å²) in [6, 6.07) is 8.40. The predicted octanol–water partition coefficient (Wildman–Crippen LogP) is 3.01. The Morgan fingerprint density at radius 3 is 2.64 bits per heavy atom. The van der Waals surface area contributed by atoms with Crippen LogP contribution in [0, 0.1) is 0 Å². The number of aromatic nitrogens is 3. The molecule has 28 heavy (non-hydrogen) atoms. The van der Waals surface area contributed by atoms with Gasteiger partial charge in [0.1, 0.15) is 0 Å². The number of para-hydroxylation sites is 1. The standard InChI is InChI=1S/C20H20N4O4/c1-12(2)24-19-14(10-22-24)8-15(9-21-19)20(27)28-11-18(26)23-17-7-5-4-6-16(17)13(3)25/h4-10,12H,11H2,1-3H3,(H,23,26). The van der Waals surface area contributed by atoms with Gasteiger partial charge in [-0.3, -0.25) is 9.59 Å². The van der Waals surface area contributed by atoms with Crippen molar-refractivity contribution in [3.8, 4) is 0 Å². The highest BCUT2D eigenvalue weighted by Gasteiger charge is 2.15. The Labute approximate surface area is 161 Å². The lowest BCUT2D eigenvalue weighted by molar-refractivity contribution is -0.119. The maximum atomic E-state index is 12.2. The van der Waals surface area contributed by atoms with Gasteiger partial charge in [-0.15, -0.1) is 0 Å². The van der Waals surface area contributed by atoms with Gasteiger partial charge in [-0.2, -0.15) is 5.10 Å². The van der Waals surface area contributed by atoms with Crippen molar-refractivity contribution in [2.75, 3.05) is 11.9 Å². The van der Waals surface area contributed by atoms with Crippen LogP contribution in [0.4, 0.5) is 5.69 Å². The number of nitrogens with one attached hydrogen (secondary N) is 1. The number of nitrogens with zero attached hydrogens (tertiary/aromatic N) is 3. The van der Waals surface area contributed by atoms with Gasteiger partial charge in [0.2, 0.25) is 0 Å². The minimum absolute atomic E-state index is 0.143. The molecular formula is C20H20N4O4. The Balaban J connectivity index is 1.65. The van der Waals surface area contributed by atoms with Crippen molar-refractivity contribution in [1.82, 2.24) is 14.8 Å². The van der Waals surface area contributed by atoms with Crippen LogP contribution < -0.4 is 5.32 Å². The van der Waals surface area contributed by atoms with E-state index in [2.05, 4.69) is 15.4 Å². The van der Waals surface area contributed by atoms with E-state index in [1.165, 1.54) is 13.1 Å². The maximum absolute atomic E-state index is 12.2. The molecule has 0 bridgehead atoms. The number of rotatable bonds is 6. The molecular weight excluding hydrogens is 360 g/mol. The first-order valence-electron chi connectivity index (χ1n) is 8.77. The zero-order valence-corrected chi connectivity index (χ0v) is 15.8. The fourth-order valence-corrected chi connectivity index (χ4v) is 2.73. The maximum Gasteiger partial charge on any atom is 0.340 e. The fraction of sp³-hybridized carbons (Fsp3) is 0.250. The Kier molecular flexibility index (Phi) is 5.49. The van der Waals surface area contributed by atoms with E-state index in [-0.39, 0.29) is 17.4 Å². The normalized spacial score (nSPS) is 10.9. The first kappa shape index (κ1) is 19.2. The number of hydrogen-bond acceptors (Lipinski definition) is 6. The lowest BCUT2D eigenvalue weighted by atomic mass is 10.1. The van der Waals surface area contributed by atoms with Gasteiger partial charge >= 0.3 is 5.97 Å². The van der Waals surface area contributed by atoms with Crippen LogP contribution in [0.2, 0.25) is 0 Å². The van der Waals surface area contributed by atoms with E-state index in [1.54, 1.807) is 41.2 Å². The minimum Gasteiger partial charge on any atom is -0.452 e. The van der Waals surface area contributed by atoms with Crippen molar-refractivity contribution < 1.29 is 19.1 Å². The molecule has 2 heterocycles. The zero-order chi connectivity index (χ0) is 20.3. The molecule has 0 atom stereocenters. The van der Waals surface area contributed by atoms with Crippen molar-refractivity contribution in [2.45, 2.75) is 26.8 Å². The molecule has 0 unspecified atom stereocenters. The summed E-state index contributed by atoms with van der Waals surface area (Å²) in [6.45, 7) is 4.91. The van der Waals surface area contributed by atoms with E-state index in [0.29, 0.717) is 22.3 Å². The van der Waals surface area contributed by atoms with Crippen molar-refractivity contribution in [1.29, 1.82) is 0 Å². The van der Waals surface area contributed by atoms with E-state index < -0.39 is 18.5 Å². The number of carbonyl (C=O) groups is 3. The first-order valence-corrected chi connectivity index (χ1v) is 8.77. The number of pyridine rings is 1. The monoisotopic (exact) mass is 380 g/mol. The van der Waals surface area contributed by atoms with Gasteiger partial charge in [-0.1, -0.05) is 12.1 Å². The van der Waals surface area contributed by atoms with Gasteiger partial charge in [-0.25, -0.2) is 14.5 Å². The molecule has 2 aromatic heterocycles. The number of ketones is 1. The summed E-state index contributed by atoms with van der Waals surface area (Å²) in [5.41, 5.74) is 1.66. The van der Waals surface area contributed by atoms with Crippen molar-refractivity contribution in [3.05, 3.63) is 53.9 Å². The molecule has 0 aliphatic rings. The molecule has 1 N–H and O–H groups in total. The third kappa shape index (κ3) is 4.06. The van der Waals surface area contributed by atoms with Crippen molar-refractivity contribution in [3.63, 3.8) is 0 Å². The number of amides is 1. The fourth-order valence-electron chi connectivity index (χ4n) is 2.73. The quantitative estimate of drug-likeness (QED) is 0.521. The van der Waals surface area contributed by atoms with Crippen LogP contribution >= 0.6 is 0 Å². The molecule has 0 aliphatic carbocycles. The van der Waals surface area contributed by atoms with Crippen LogP contribution in [0.1, 0.15) is 47.5 Å². The van der Waals surface area contributed by atoms with Crippen LogP contribution in [0.3, 0.4) is 0 Å². The van der Waals surface area contributed by atoms with Gasteiger partial charge in [0, 0.05) is 23.2 Å². The largest absolute Gasteiger partial charge is 0.452 e. The molecule has 0 fully saturated rings. The van der Waals surface area contributed by atoms with E-state index in [1.807, 2.05) is 13.8 Å². The van der Waals surface area contributed by atoms with E-state index in [0.717, 1.165) is 0 Å². The number of anilines is 1. The number of fused-ring (bicyclic) bond motifs is 1. The molecule has 3 rings (SSSR count). The second-order valence-electron chi connectivity index (χ2n) is 6.55. The van der Waals surface area contributed by atoms with Gasteiger partial charge < -0.3 is 10.1 Å². The summed E-state index contributed by atoms with van der Waals surface area (Å²) >= 11 is 0. The molecule has 1 amide bonds. The SMILES string of the molecule is CC(=O)c1ccccc1NC(=O)COC(=O)c1cnc2c(cnn2C(C)C)c1. The summed E-state index contributed by atoms with van der Waals surface area (Å²) in [5, 5.41) is 7.54. The lowest BCUT2D eigenvalue weighted by Gasteiger charge is -2.09. The van der Waals surface area contributed by atoms with Crippen LogP contribution in [-0.2, 0) is 9.53 Å². The van der Waals surface area contributed by atoms with Gasteiger partial charge in [0.05, 0.1) is 17.4 Å². The highest BCUT2D eigenvalue weighted by Crippen LogP contribution is 2.18. The minimum atomic E-state index is -0.665. The lowest BCUT2D eigenvalue weighted by Crippen LogP contribution is -2.22. The average Bonchev–Trinajstić information content (AvgIpc) is 3.09. The van der Waals surface area contributed by atoms with Gasteiger partial charge in [-0.05, 0) is 39.0 Å². The number of ether oxygens (including phenoxy) is 1. The third-order valence-corrected chi connectivity index (χ3v) is 4.07. The van der Waals surface area contributed by atoms with Crippen molar-refractivity contribution >= 4 is 34.4 Å². The zero-order valence-electron chi connectivity index (χ0n) is 15.8. The second kappa shape index (κ2) is 7.99. The molecule has 0 aliphatic heterocycles. The molecule has 0 radical (unpaired) electrons. The Bertz CT molecular complexity index is 1060. The third-order valence-electron chi connectivity index (χ3n) is 4.07. The van der Waals surface area contributed by atoms with Gasteiger partial charge in [0.15, 0.2) is 18.0 Å².